The number of rotatable bonds is 5. The van der Waals surface area contributed by atoms with E-state index in [0.717, 1.165) is 18.7 Å². The highest BCUT2D eigenvalue weighted by molar-refractivity contribution is 6.32. The molecule has 1 aromatic rings. The lowest BCUT2D eigenvalue weighted by molar-refractivity contribution is 0.301. The minimum Gasteiger partial charge on any atom is -0.495 e. The standard InChI is InChI=1S/C16H24ClNO/c1-12(2)10-16(7-4-8-18-16)11-13-5-6-15(19-3)14(17)9-13/h5-6,9,12,18H,4,7-8,10-11H2,1-3H3. The van der Waals surface area contributed by atoms with E-state index in [4.69, 9.17) is 16.3 Å². The molecule has 19 heavy (non-hydrogen) atoms. The summed E-state index contributed by atoms with van der Waals surface area (Å²) < 4.78 is 5.21. The Morgan fingerprint density at radius 2 is 2.21 bits per heavy atom. The molecule has 0 aliphatic carbocycles. The first-order valence-corrected chi connectivity index (χ1v) is 7.50. The molecule has 1 atom stereocenters. The number of nitrogens with one attached hydrogen (secondary N) is 1. The second-order valence-corrected chi connectivity index (χ2v) is 6.46. The van der Waals surface area contributed by atoms with E-state index in [1.807, 2.05) is 12.1 Å². The van der Waals surface area contributed by atoms with Crippen LogP contribution in [0.15, 0.2) is 18.2 Å². The number of hydrogen-bond donors (Lipinski definition) is 1. The van der Waals surface area contributed by atoms with E-state index in [2.05, 4.69) is 25.2 Å². The van der Waals surface area contributed by atoms with Crippen molar-refractivity contribution < 1.29 is 4.74 Å². The van der Waals surface area contributed by atoms with Crippen molar-refractivity contribution in [3.05, 3.63) is 28.8 Å². The first-order valence-electron chi connectivity index (χ1n) is 7.12. The van der Waals surface area contributed by atoms with Crippen molar-refractivity contribution in [3.8, 4) is 5.75 Å². The average molecular weight is 282 g/mol. The van der Waals surface area contributed by atoms with Crippen molar-refractivity contribution in [2.24, 2.45) is 5.92 Å². The third-order valence-corrected chi connectivity index (χ3v) is 4.19. The molecule has 1 fully saturated rings. The topological polar surface area (TPSA) is 21.3 Å². The molecule has 1 heterocycles. The fourth-order valence-electron chi connectivity index (χ4n) is 3.26. The van der Waals surface area contributed by atoms with E-state index >= 15 is 0 Å². The van der Waals surface area contributed by atoms with Crippen LogP contribution in [0.5, 0.6) is 5.75 Å². The summed E-state index contributed by atoms with van der Waals surface area (Å²) in [6.45, 7) is 5.72. The van der Waals surface area contributed by atoms with E-state index in [0.29, 0.717) is 10.9 Å². The average Bonchev–Trinajstić information content (AvgIpc) is 2.76. The molecule has 0 saturated carbocycles. The highest BCUT2D eigenvalue weighted by atomic mass is 35.5. The van der Waals surface area contributed by atoms with Crippen molar-refractivity contribution in [3.63, 3.8) is 0 Å². The minimum absolute atomic E-state index is 0.256. The summed E-state index contributed by atoms with van der Waals surface area (Å²) in [4.78, 5) is 0. The fourth-order valence-corrected chi connectivity index (χ4v) is 3.54. The predicted molar refractivity (Wildman–Crippen MR) is 81.1 cm³/mol. The monoisotopic (exact) mass is 281 g/mol. The van der Waals surface area contributed by atoms with Gasteiger partial charge in [-0.1, -0.05) is 31.5 Å². The van der Waals surface area contributed by atoms with Gasteiger partial charge in [-0.25, -0.2) is 0 Å². The largest absolute Gasteiger partial charge is 0.495 e. The molecule has 0 aromatic heterocycles. The van der Waals surface area contributed by atoms with Gasteiger partial charge in [0.1, 0.15) is 5.75 Å². The Morgan fingerprint density at radius 1 is 1.42 bits per heavy atom. The van der Waals surface area contributed by atoms with Crippen LogP contribution in [0.3, 0.4) is 0 Å². The molecular formula is C16H24ClNO. The Labute approximate surface area is 121 Å². The summed E-state index contributed by atoms with van der Waals surface area (Å²) in [6, 6.07) is 6.14. The molecule has 3 heteroatoms. The van der Waals surface area contributed by atoms with Crippen molar-refractivity contribution in [2.75, 3.05) is 13.7 Å². The Kier molecular flexibility index (Phi) is 4.75. The zero-order valence-electron chi connectivity index (χ0n) is 12.1. The zero-order chi connectivity index (χ0) is 13.9. The zero-order valence-corrected chi connectivity index (χ0v) is 12.9. The molecule has 0 spiro atoms. The summed E-state index contributed by atoms with van der Waals surface area (Å²) in [5, 5.41) is 4.43. The predicted octanol–water partition coefficient (Wildman–Crippen LogP) is 4.06. The number of benzene rings is 1. The van der Waals surface area contributed by atoms with Gasteiger partial charge in [-0.3, -0.25) is 0 Å². The quantitative estimate of drug-likeness (QED) is 0.879. The highest BCUT2D eigenvalue weighted by Crippen LogP contribution is 2.33. The lowest BCUT2D eigenvalue weighted by Crippen LogP contribution is -2.43. The van der Waals surface area contributed by atoms with E-state index in [-0.39, 0.29) is 5.54 Å². The molecule has 1 saturated heterocycles. The molecule has 2 rings (SSSR count). The van der Waals surface area contributed by atoms with Gasteiger partial charge in [0.25, 0.3) is 0 Å². The van der Waals surface area contributed by atoms with Gasteiger partial charge in [0.15, 0.2) is 0 Å². The van der Waals surface area contributed by atoms with Crippen molar-refractivity contribution >= 4 is 11.6 Å². The molecule has 0 amide bonds. The molecular weight excluding hydrogens is 258 g/mol. The third kappa shape index (κ3) is 3.64. The van der Waals surface area contributed by atoms with Gasteiger partial charge in [0.2, 0.25) is 0 Å². The molecule has 1 aromatic carbocycles. The fraction of sp³-hybridized carbons (Fsp3) is 0.625. The van der Waals surface area contributed by atoms with Gasteiger partial charge in [0, 0.05) is 5.54 Å². The van der Waals surface area contributed by atoms with Crippen molar-refractivity contribution in [2.45, 2.75) is 45.1 Å². The highest BCUT2D eigenvalue weighted by Gasteiger charge is 2.34. The lowest BCUT2D eigenvalue weighted by Gasteiger charge is -2.32. The lowest BCUT2D eigenvalue weighted by atomic mass is 9.82. The van der Waals surface area contributed by atoms with Crippen LogP contribution < -0.4 is 10.1 Å². The summed E-state index contributed by atoms with van der Waals surface area (Å²) in [5.41, 5.74) is 1.55. The number of hydrogen-bond acceptors (Lipinski definition) is 2. The Morgan fingerprint density at radius 3 is 2.74 bits per heavy atom. The van der Waals surface area contributed by atoms with E-state index in [1.54, 1.807) is 7.11 Å². The smallest absolute Gasteiger partial charge is 0.137 e. The molecule has 1 aliphatic heterocycles. The first-order chi connectivity index (χ1) is 9.04. The normalized spacial score (nSPS) is 23.0. The van der Waals surface area contributed by atoms with E-state index in [9.17, 15) is 0 Å². The van der Waals surface area contributed by atoms with Crippen LogP contribution in [-0.4, -0.2) is 19.2 Å². The minimum atomic E-state index is 0.256. The number of halogens is 1. The van der Waals surface area contributed by atoms with Gasteiger partial charge >= 0.3 is 0 Å². The van der Waals surface area contributed by atoms with Gasteiger partial charge in [0.05, 0.1) is 12.1 Å². The second-order valence-electron chi connectivity index (χ2n) is 6.05. The molecule has 2 nitrogen and oxygen atoms in total. The van der Waals surface area contributed by atoms with Crippen LogP contribution in [0.2, 0.25) is 5.02 Å². The summed E-state index contributed by atoms with van der Waals surface area (Å²) in [5.74, 6) is 1.46. The van der Waals surface area contributed by atoms with E-state index in [1.165, 1.54) is 24.8 Å². The molecule has 1 unspecified atom stereocenters. The van der Waals surface area contributed by atoms with Crippen LogP contribution in [0.4, 0.5) is 0 Å². The Balaban J connectivity index is 2.15. The number of ether oxygens (including phenoxy) is 1. The summed E-state index contributed by atoms with van der Waals surface area (Å²) in [7, 11) is 1.65. The van der Waals surface area contributed by atoms with Crippen LogP contribution in [0, 0.1) is 5.92 Å². The summed E-state index contributed by atoms with van der Waals surface area (Å²) >= 11 is 6.22. The van der Waals surface area contributed by atoms with Crippen molar-refractivity contribution in [1.29, 1.82) is 0 Å². The Bertz CT molecular complexity index is 425. The maximum absolute atomic E-state index is 6.22. The van der Waals surface area contributed by atoms with Crippen LogP contribution >= 0.6 is 11.6 Å². The van der Waals surface area contributed by atoms with E-state index < -0.39 is 0 Å². The summed E-state index contributed by atoms with van der Waals surface area (Å²) in [6.07, 6.45) is 4.80. The van der Waals surface area contributed by atoms with Crippen molar-refractivity contribution in [1.82, 2.24) is 5.32 Å². The maximum Gasteiger partial charge on any atom is 0.137 e. The maximum atomic E-state index is 6.22. The Hall–Kier alpha value is -0.730. The van der Waals surface area contributed by atoms with Gasteiger partial charge in [-0.05, 0) is 55.8 Å². The molecule has 1 N–H and O–H groups in total. The molecule has 1 aliphatic rings. The van der Waals surface area contributed by atoms with Gasteiger partial charge < -0.3 is 10.1 Å². The van der Waals surface area contributed by atoms with Gasteiger partial charge in [-0.2, -0.15) is 0 Å². The van der Waals surface area contributed by atoms with Crippen LogP contribution in [0.25, 0.3) is 0 Å². The van der Waals surface area contributed by atoms with Crippen LogP contribution in [-0.2, 0) is 6.42 Å². The molecule has 0 bridgehead atoms. The molecule has 106 valence electrons. The SMILES string of the molecule is COc1ccc(CC2(CC(C)C)CCCN2)cc1Cl. The van der Waals surface area contributed by atoms with Gasteiger partial charge in [-0.15, -0.1) is 0 Å². The van der Waals surface area contributed by atoms with Crippen LogP contribution in [0.1, 0.15) is 38.7 Å². The second kappa shape index (κ2) is 6.15. The molecule has 0 radical (unpaired) electrons. The first kappa shape index (κ1) is 14.7. The third-order valence-electron chi connectivity index (χ3n) is 3.89. The number of methoxy groups -OCH3 is 1.